The van der Waals surface area contributed by atoms with Gasteiger partial charge >= 0.3 is 12.1 Å². The Labute approximate surface area is 133 Å². The standard InChI is InChI=1S/C16H22F3NO3/c17-16(18,19)11-4-2-1-3-10(11)13(21)20-7-5-15(6-8-20)9-12(15)14(22)23/h10-12H,1-9H2,(H,22,23). The van der Waals surface area contributed by atoms with Crippen LogP contribution in [0.25, 0.3) is 0 Å². The fourth-order valence-electron chi connectivity index (χ4n) is 4.47. The van der Waals surface area contributed by atoms with Crippen LogP contribution in [0.15, 0.2) is 0 Å². The number of rotatable bonds is 2. The maximum atomic E-state index is 13.2. The van der Waals surface area contributed by atoms with Crippen molar-refractivity contribution in [1.82, 2.24) is 4.90 Å². The molecule has 1 saturated heterocycles. The Balaban J connectivity index is 1.62. The largest absolute Gasteiger partial charge is 0.481 e. The fraction of sp³-hybridized carbons (Fsp3) is 0.875. The van der Waals surface area contributed by atoms with Crippen molar-refractivity contribution in [3.8, 4) is 0 Å². The summed E-state index contributed by atoms with van der Waals surface area (Å²) in [6.45, 7) is 0.785. The quantitative estimate of drug-likeness (QED) is 0.845. The Morgan fingerprint density at radius 3 is 2.22 bits per heavy atom. The first-order valence-corrected chi connectivity index (χ1v) is 8.33. The van der Waals surface area contributed by atoms with E-state index in [9.17, 15) is 22.8 Å². The van der Waals surface area contributed by atoms with E-state index in [1.807, 2.05) is 0 Å². The van der Waals surface area contributed by atoms with Crippen LogP contribution in [0.1, 0.15) is 44.9 Å². The molecular formula is C16H22F3NO3. The molecule has 3 aliphatic rings. The van der Waals surface area contributed by atoms with Crippen LogP contribution in [0.4, 0.5) is 13.2 Å². The molecule has 0 aromatic heterocycles. The van der Waals surface area contributed by atoms with Crippen LogP contribution in [-0.4, -0.2) is 41.1 Å². The summed E-state index contributed by atoms with van der Waals surface area (Å²) in [5, 5.41) is 9.07. The SMILES string of the molecule is O=C(O)C1CC12CCN(C(=O)C1CCCCC1C(F)(F)F)CC2. The fourth-order valence-corrected chi connectivity index (χ4v) is 4.47. The maximum absolute atomic E-state index is 13.2. The normalized spacial score (nSPS) is 33.5. The molecule has 4 nitrogen and oxygen atoms in total. The third kappa shape index (κ3) is 3.06. The van der Waals surface area contributed by atoms with Gasteiger partial charge in [0.25, 0.3) is 0 Å². The molecule has 130 valence electrons. The Kier molecular flexibility index (Phi) is 4.09. The smallest absolute Gasteiger partial charge is 0.392 e. The number of carboxylic acid groups (broad SMARTS) is 1. The molecular weight excluding hydrogens is 311 g/mol. The van der Waals surface area contributed by atoms with Crippen LogP contribution >= 0.6 is 0 Å². The van der Waals surface area contributed by atoms with Crippen LogP contribution in [0.3, 0.4) is 0 Å². The van der Waals surface area contributed by atoms with Crippen LogP contribution in [0, 0.1) is 23.2 Å². The second kappa shape index (κ2) is 5.67. The molecule has 2 aliphatic carbocycles. The van der Waals surface area contributed by atoms with E-state index >= 15 is 0 Å². The van der Waals surface area contributed by atoms with Crippen molar-refractivity contribution < 1.29 is 27.9 Å². The molecule has 0 aromatic rings. The Morgan fingerprint density at radius 2 is 1.70 bits per heavy atom. The first kappa shape index (κ1) is 16.6. The summed E-state index contributed by atoms with van der Waals surface area (Å²) in [7, 11) is 0. The Hall–Kier alpha value is -1.27. The van der Waals surface area contributed by atoms with Crippen molar-refractivity contribution in [2.45, 2.75) is 51.1 Å². The average Bonchev–Trinajstić information content (AvgIpc) is 3.20. The van der Waals surface area contributed by atoms with E-state index in [-0.39, 0.29) is 23.7 Å². The van der Waals surface area contributed by atoms with Crippen LogP contribution < -0.4 is 0 Å². The lowest BCUT2D eigenvalue weighted by atomic mass is 9.77. The van der Waals surface area contributed by atoms with Gasteiger partial charge in [-0.25, -0.2) is 0 Å². The number of likely N-dealkylation sites (tertiary alicyclic amines) is 1. The van der Waals surface area contributed by atoms with Crippen LogP contribution in [0.5, 0.6) is 0 Å². The highest BCUT2D eigenvalue weighted by molar-refractivity contribution is 5.80. The Bertz CT molecular complexity index is 497. The summed E-state index contributed by atoms with van der Waals surface area (Å²) in [6, 6.07) is 0. The van der Waals surface area contributed by atoms with E-state index in [4.69, 9.17) is 5.11 Å². The summed E-state index contributed by atoms with van der Waals surface area (Å²) in [5.74, 6) is -3.99. The monoisotopic (exact) mass is 333 g/mol. The maximum Gasteiger partial charge on any atom is 0.392 e. The number of nitrogens with zero attached hydrogens (tertiary/aromatic N) is 1. The first-order valence-electron chi connectivity index (χ1n) is 8.33. The molecule has 3 atom stereocenters. The van der Waals surface area contributed by atoms with Crippen LogP contribution in [-0.2, 0) is 9.59 Å². The molecule has 3 rings (SSSR count). The predicted molar refractivity (Wildman–Crippen MR) is 75.5 cm³/mol. The molecule has 1 aliphatic heterocycles. The molecule has 3 fully saturated rings. The van der Waals surface area contributed by atoms with E-state index in [1.165, 1.54) is 4.90 Å². The second-order valence-electron chi connectivity index (χ2n) is 7.32. The van der Waals surface area contributed by atoms with Crippen molar-refractivity contribution in [2.24, 2.45) is 23.2 Å². The molecule has 0 radical (unpaired) electrons. The number of piperidine rings is 1. The molecule has 1 amide bonds. The third-order valence-electron chi connectivity index (χ3n) is 6.06. The molecule has 23 heavy (non-hydrogen) atoms. The highest BCUT2D eigenvalue weighted by Crippen LogP contribution is 2.59. The molecule has 1 heterocycles. The van der Waals surface area contributed by atoms with Crippen molar-refractivity contribution in [1.29, 1.82) is 0 Å². The molecule has 0 bridgehead atoms. The van der Waals surface area contributed by atoms with Crippen molar-refractivity contribution >= 4 is 11.9 Å². The van der Waals surface area contributed by atoms with E-state index < -0.39 is 24.0 Å². The molecule has 2 saturated carbocycles. The lowest BCUT2D eigenvalue weighted by Crippen LogP contribution is -2.47. The van der Waals surface area contributed by atoms with Gasteiger partial charge < -0.3 is 10.0 Å². The lowest BCUT2D eigenvalue weighted by Gasteiger charge is -2.39. The van der Waals surface area contributed by atoms with Crippen LogP contribution in [0.2, 0.25) is 0 Å². The molecule has 1 N–H and O–H groups in total. The number of hydrogen-bond acceptors (Lipinski definition) is 2. The van der Waals surface area contributed by atoms with Gasteiger partial charge in [-0.1, -0.05) is 12.8 Å². The van der Waals surface area contributed by atoms with Gasteiger partial charge in [0, 0.05) is 19.0 Å². The van der Waals surface area contributed by atoms with E-state index in [2.05, 4.69) is 0 Å². The van der Waals surface area contributed by atoms with Gasteiger partial charge in [0.05, 0.1) is 11.8 Å². The topological polar surface area (TPSA) is 57.6 Å². The van der Waals surface area contributed by atoms with Gasteiger partial charge in [0.2, 0.25) is 5.91 Å². The van der Waals surface area contributed by atoms with Crippen molar-refractivity contribution in [3.05, 3.63) is 0 Å². The van der Waals surface area contributed by atoms with Gasteiger partial charge in [-0.05, 0) is 37.5 Å². The zero-order chi connectivity index (χ0) is 16.8. The summed E-state index contributed by atoms with van der Waals surface area (Å²) < 4.78 is 39.5. The van der Waals surface area contributed by atoms with Crippen molar-refractivity contribution in [3.63, 3.8) is 0 Å². The minimum atomic E-state index is -4.32. The van der Waals surface area contributed by atoms with Gasteiger partial charge in [-0.15, -0.1) is 0 Å². The van der Waals surface area contributed by atoms with Crippen molar-refractivity contribution in [2.75, 3.05) is 13.1 Å². The summed E-state index contributed by atoms with van der Waals surface area (Å²) >= 11 is 0. The number of hydrogen-bond donors (Lipinski definition) is 1. The Morgan fingerprint density at radius 1 is 1.09 bits per heavy atom. The molecule has 0 aromatic carbocycles. The van der Waals surface area contributed by atoms with E-state index in [1.54, 1.807) is 0 Å². The molecule has 3 unspecified atom stereocenters. The number of carbonyl (C=O) groups excluding carboxylic acids is 1. The van der Waals surface area contributed by atoms with Gasteiger partial charge in [-0.2, -0.15) is 13.2 Å². The van der Waals surface area contributed by atoms with Gasteiger partial charge in [-0.3, -0.25) is 9.59 Å². The minimum absolute atomic E-state index is 0.0404. The number of amides is 1. The highest BCUT2D eigenvalue weighted by atomic mass is 19.4. The molecule has 1 spiro atoms. The first-order chi connectivity index (χ1) is 10.7. The highest BCUT2D eigenvalue weighted by Gasteiger charge is 2.59. The van der Waals surface area contributed by atoms with Gasteiger partial charge in [0.15, 0.2) is 0 Å². The minimum Gasteiger partial charge on any atom is -0.481 e. The van der Waals surface area contributed by atoms with Gasteiger partial charge in [0.1, 0.15) is 0 Å². The average molecular weight is 333 g/mol. The summed E-state index contributed by atoms with van der Waals surface area (Å²) in [4.78, 5) is 25.2. The third-order valence-corrected chi connectivity index (χ3v) is 6.06. The number of alkyl halides is 3. The molecule has 7 heteroatoms. The summed E-state index contributed by atoms with van der Waals surface area (Å²) in [5.41, 5.74) is -0.210. The number of carboxylic acids is 1. The summed E-state index contributed by atoms with van der Waals surface area (Å²) in [6.07, 6.45) is -0.944. The zero-order valence-corrected chi connectivity index (χ0v) is 12.9. The number of carbonyl (C=O) groups is 2. The second-order valence-corrected chi connectivity index (χ2v) is 7.32. The van der Waals surface area contributed by atoms with E-state index in [0.717, 1.165) is 0 Å². The number of aliphatic carboxylic acids is 1. The zero-order valence-electron chi connectivity index (χ0n) is 12.9. The number of halogens is 3. The lowest BCUT2D eigenvalue weighted by molar-refractivity contribution is -0.201. The predicted octanol–water partition coefficient (Wildman–Crippen LogP) is 3.07. The van der Waals surface area contributed by atoms with E-state index in [0.29, 0.717) is 51.6 Å².